The Hall–Kier alpha value is -3.20. The summed E-state index contributed by atoms with van der Waals surface area (Å²) in [4.78, 5) is 23.5. The lowest BCUT2D eigenvalue weighted by atomic mass is 10.0. The zero-order valence-corrected chi connectivity index (χ0v) is 16.7. The highest BCUT2D eigenvalue weighted by molar-refractivity contribution is 6.10. The molecule has 0 atom stereocenters. The number of methoxy groups -OCH3 is 1. The molecule has 29 heavy (non-hydrogen) atoms. The Morgan fingerprint density at radius 2 is 2.03 bits per heavy atom. The van der Waals surface area contributed by atoms with Gasteiger partial charge in [-0.05, 0) is 18.9 Å². The van der Waals surface area contributed by atoms with Crippen LogP contribution in [0.15, 0.2) is 47.8 Å². The van der Waals surface area contributed by atoms with Crippen molar-refractivity contribution in [3.05, 3.63) is 53.5 Å². The number of amides is 1. The third kappa shape index (κ3) is 5.20. The molecule has 1 aliphatic carbocycles. The fourth-order valence-corrected chi connectivity index (χ4v) is 3.06. The van der Waals surface area contributed by atoms with E-state index < -0.39 is 5.91 Å². The molecule has 1 amide bonds. The van der Waals surface area contributed by atoms with Crippen LogP contribution in [0.2, 0.25) is 0 Å². The van der Waals surface area contributed by atoms with Gasteiger partial charge in [-0.25, -0.2) is 9.97 Å². The van der Waals surface area contributed by atoms with Crippen molar-refractivity contribution in [3.8, 4) is 0 Å². The van der Waals surface area contributed by atoms with E-state index in [1.807, 2.05) is 0 Å². The quantitative estimate of drug-likeness (QED) is 0.567. The molecule has 0 radical (unpaired) electrons. The van der Waals surface area contributed by atoms with Crippen LogP contribution in [-0.2, 0) is 9.47 Å². The van der Waals surface area contributed by atoms with E-state index in [0.717, 1.165) is 31.7 Å². The summed E-state index contributed by atoms with van der Waals surface area (Å²) >= 11 is 0. The fourth-order valence-electron chi connectivity index (χ4n) is 3.06. The summed E-state index contributed by atoms with van der Waals surface area (Å²) in [5.74, 6) is 0.789. The largest absolute Gasteiger partial charge is 0.489 e. The van der Waals surface area contributed by atoms with Crippen LogP contribution in [-0.4, -0.2) is 62.0 Å². The van der Waals surface area contributed by atoms with Gasteiger partial charge >= 0.3 is 0 Å². The predicted molar refractivity (Wildman–Crippen MR) is 110 cm³/mol. The predicted octanol–water partition coefficient (Wildman–Crippen LogP) is 1.37. The third-order valence-electron chi connectivity index (χ3n) is 4.55. The van der Waals surface area contributed by atoms with E-state index in [4.69, 9.17) is 14.9 Å². The van der Waals surface area contributed by atoms with Crippen LogP contribution >= 0.6 is 0 Å². The lowest BCUT2D eigenvalue weighted by Crippen LogP contribution is -2.28. The molecule has 1 aliphatic heterocycles. The Morgan fingerprint density at radius 1 is 1.24 bits per heavy atom. The molecule has 3 rings (SSSR count). The lowest BCUT2D eigenvalue weighted by molar-refractivity contribution is 0.0942. The summed E-state index contributed by atoms with van der Waals surface area (Å²) in [6.45, 7) is 2.63. The minimum Gasteiger partial charge on any atom is -0.489 e. The number of carbonyl (C=O) groups excluding carboxylic acids is 1. The van der Waals surface area contributed by atoms with Crippen LogP contribution in [0.4, 0.5) is 5.82 Å². The van der Waals surface area contributed by atoms with E-state index in [9.17, 15) is 4.79 Å². The average Bonchev–Trinajstić information content (AvgIpc) is 3.26. The van der Waals surface area contributed by atoms with E-state index >= 15 is 0 Å². The van der Waals surface area contributed by atoms with E-state index in [1.165, 1.54) is 6.20 Å². The number of carbonyl (C=O) groups is 1. The van der Waals surface area contributed by atoms with Gasteiger partial charge < -0.3 is 30.4 Å². The average molecular weight is 398 g/mol. The SMILES string of the molecule is CN/C=C1/C=C(NC(=O)c2cnc(N3CCCC3)cn2)C(OCCOC)=CC1=N. The zero-order valence-electron chi connectivity index (χ0n) is 16.7. The van der Waals surface area contributed by atoms with Crippen molar-refractivity contribution in [2.24, 2.45) is 0 Å². The molecular formula is C20H26N6O3. The van der Waals surface area contributed by atoms with Crippen LogP contribution in [0, 0.1) is 5.41 Å². The van der Waals surface area contributed by atoms with Gasteiger partial charge in [0.2, 0.25) is 0 Å². The molecule has 9 nitrogen and oxygen atoms in total. The van der Waals surface area contributed by atoms with Gasteiger partial charge in [0.15, 0.2) is 0 Å². The Labute approximate surface area is 170 Å². The molecule has 154 valence electrons. The minimum atomic E-state index is -0.393. The van der Waals surface area contributed by atoms with E-state index in [1.54, 1.807) is 38.7 Å². The van der Waals surface area contributed by atoms with Gasteiger partial charge in [-0.3, -0.25) is 4.79 Å². The summed E-state index contributed by atoms with van der Waals surface area (Å²) in [6.07, 6.45) is 10.3. The van der Waals surface area contributed by atoms with Gasteiger partial charge in [-0.15, -0.1) is 0 Å². The Kier molecular flexibility index (Phi) is 6.96. The smallest absolute Gasteiger partial charge is 0.275 e. The number of rotatable bonds is 8. The van der Waals surface area contributed by atoms with Crippen molar-refractivity contribution in [3.63, 3.8) is 0 Å². The molecule has 1 aromatic rings. The van der Waals surface area contributed by atoms with Crippen LogP contribution in [0.5, 0.6) is 0 Å². The highest BCUT2D eigenvalue weighted by Crippen LogP contribution is 2.20. The van der Waals surface area contributed by atoms with Crippen LogP contribution in [0.1, 0.15) is 23.3 Å². The van der Waals surface area contributed by atoms with Crippen LogP contribution < -0.4 is 15.5 Å². The number of allylic oxidation sites excluding steroid dienone is 3. The molecule has 3 N–H and O–H groups in total. The summed E-state index contributed by atoms with van der Waals surface area (Å²) in [5, 5.41) is 13.8. The summed E-state index contributed by atoms with van der Waals surface area (Å²) in [6, 6.07) is 0. The number of anilines is 1. The molecule has 2 aliphatic rings. The van der Waals surface area contributed by atoms with Crippen molar-refractivity contribution >= 4 is 17.4 Å². The summed E-state index contributed by atoms with van der Waals surface area (Å²) < 4.78 is 10.7. The fraction of sp³-hybridized carbons (Fsp3) is 0.400. The van der Waals surface area contributed by atoms with E-state index in [2.05, 4.69) is 25.5 Å². The van der Waals surface area contributed by atoms with Crippen molar-refractivity contribution in [1.29, 1.82) is 5.41 Å². The van der Waals surface area contributed by atoms with Crippen molar-refractivity contribution in [1.82, 2.24) is 20.6 Å². The number of ether oxygens (including phenoxy) is 2. The first-order chi connectivity index (χ1) is 14.1. The van der Waals surface area contributed by atoms with Crippen molar-refractivity contribution in [2.75, 3.05) is 45.4 Å². The number of aromatic nitrogens is 2. The number of hydrogen-bond acceptors (Lipinski definition) is 8. The third-order valence-corrected chi connectivity index (χ3v) is 4.55. The number of nitrogens with one attached hydrogen (secondary N) is 3. The Bertz CT molecular complexity index is 838. The second kappa shape index (κ2) is 9.83. The molecule has 0 bridgehead atoms. The second-order valence-electron chi connectivity index (χ2n) is 6.62. The molecule has 1 fully saturated rings. The van der Waals surface area contributed by atoms with Crippen LogP contribution in [0.3, 0.4) is 0 Å². The van der Waals surface area contributed by atoms with Gasteiger partial charge in [0, 0.05) is 45.1 Å². The highest BCUT2D eigenvalue weighted by atomic mass is 16.5. The Morgan fingerprint density at radius 3 is 2.69 bits per heavy atom. The molecule has 0 aromatic carbocycles. The van der Waals surface area contributed by atoms with Crippen molar-refractivity contribution < 1.29 is 14.3 Å². The first kappa shape index (κ1) is 20.5. The monoisotopic (exact) mass is 398 g/mol. The molecule has 2 heterocycles. The number of hydrogen-bond donors (Lipinski definition) is 3. The molecule has 1 aromatic heterocycles. The standard InChI is InChI=1S/C20H26N6O3/c1-22-11-14-9-16(18(10-15(14)21)29-8-7-28-2)25-20(27)17-12-24-19(13-23-17)26-5-3-4-6-26/h9-13,21-22H,3-8H2,1-2H3,(H,25,27)/b14-11-,21-15?. The molecular weight excluding hydrogens is 372 g/mol. The minimum absolute atomic E-state index is 0.213. The van der Waals surface area contributed by atoms with E-state index in [-0.39, 0.29) is 11.4 Å². The molecule has 0 spiro atoms. The molecule has 9 heteroatoms. The van der Waals surface area contributed by atoms with Crippen LogP contribution in [0.25, 0.3) is 0 Å². The maximum absolute atomic E-state index is 12.7. The summed E-state index contributed by atoms with van der Waals surface area (Å²) in [7, 11) is 3.33. The number of nitrogens with zero attached hydrogens (tertiary/aromatic N) is 3. The lowest BCUT2D eigenvalue weighted by Gasteiger charge is -2.20. The van der Waals surface area contributed by atoms with Gasteiger partial charge in [0.1, 0.15) is 23.9 Å². The first-order valence-electron chi connectivity index (χ1n) is 9.52. The van der Waals surface area contributed by atoms with E-state index in [0.29, 0.717) is 30.2 Å². The van der Waals surface area contributed by atoms with Gasteiger partial charge in [0.05, 0.1) is 30.4 Å². The topological polar surface area (TPSA) is 112 Å². The summed E-state index contributed by atoms with van der Waals surface area (Å²) in [5.41, 5.74) is 1.57. The van der Waals surface area contributed by atoms with Crippen molar-refractivity contribution in [2.45, 2.75) is 12.8 Å². The first-order valence-corrected chi connectivity index (χ1v) is 9.52. The van der Waals surface area contributed by atoms with Gasteiger partial charge in [-0.1, -0.05) is 0 Å². The second-order valence-corrected chi connectivity index (χ2v) is 6.62. The molecule has 0 unspecified atom stereocenters. The van der Waals surface area contributed by atoms with Gasteiger partial charge in [-0.2, -0.15) is 0 Å². The van der Waals surface area contributed by atoms with Gasteiger partial charge in [0.25, 0.3) is 5.91 Å². The maximum atomic E-state index is 12.7. The Balaban J connectivity index is 1.74. The maximum Gasteiger partial charge on any atom is 0.275 e. The molecule has 1 saturated heterocycles. The normalized spacial score (nSPS) is 17.8. The molecule has 0 saturated carbocycles. The highest BCUT2D eigenvalue weighted by Gasteiger charge is 2.21. The zero-order chi connectivity index (χ0) is 20.6.